The summed E-state index contributed by atoms with van der Waals surface area (Å²) in [6.07, 6.45) is 3.13. The lowest BCUT2D eigenvalue weighted by molar-refractivity contribution is 0.0543. The standard InChI is InChI=1S/C26H26O7S/c1-30-11-12-32-13-14-33-23-17-24(31-2)21(25-4-3-15-34-25)16-20(23)9-10-22(27)18-5-7-19(8-6-18)26(28)29/h3-10,15-17H,11-14H2,1-2H3,(H,28,29)/b10-9+. The Hall–Kier alpha value is -3.46. The Kier molecular flexibility index (Phi) is 9.40. The molecule has 0 aliphatic rings. The van der Waals surface area contributed by atoms with Crippen LogP contribution in [-0.4, -0.2) is 57.5 Å². The molecule has 3 rings (SSSR count). The van der Waals surface area contributed by atoms with Crippen molar-refractivity contribution in [2.24, 2.45) is 0 Å². The van der Waals surface area contributed by atoms with Crippen molar-refractivity contribution in [3.05, 3.63) is 76.7 Å². The second-order valence-corrected chi connectivity index (χ2v) is 8.05. The number of carboxylic acid groups (broad SMARTS) is 1. The van der Waals surface area contributed by atoms with E-state index in [1.807, 2.05) is 23.6 Å². The summed E-state index contributed by atoms with van der Waals surface area (Å²) in [5.41, 5.74) is 2.11. The molecule has 0 saturated heterocycles. The van der Waals surface area contributed by atoms with E-state index in [0.29, 0.717) is 49.1 Å². The maximum atomic E-state index is 12.7. The van der Waals surface area contributed by atoms with Crippen LogP contribution in [0.15, 0.2) is 60.0 Å². The van der Waals surface area contributed by atoms with Gasteiger partial charge in [-0.15, -0.1) is 11.3 Å². The molecule has 2 aromatic carbocycles. The lowest BCUT2D eigenvalue weighted by atomic mass is 10.0. The van der Waals surface area contributed by atoms with Crippen molar-refractivity contribution < 1.29 is 33.6 Å². The minimum atomic E-state index is -1.04. The Labute approximate surface area is 202 Å². The normalized spacial score (nSPS) is 11.0. The Morgan fingerprint density at radius 2 is 1.68 bits per heavy atom. The predicted octanol–water partition coefficient (Wildman–Crippen LogP) is 5.06. The molecule has 0 fully saturated rings. The fourth-order valence-electron chi connectivity index (χ4n) is 3.12. The largest absolute Gasteiger partial charge is 0.496 e. The summed E-state index contributed by atoms with van der Waals surface area (Å²) in [6, 6.07) is 13.5. The van der Waals surface area contributed by atoms with Crippen LogP contribution in [0.2, 0.25) is 0 Å². The summed E-state index contributed by atoms with van der Waals surface area (Å²) in [4.78, 5) is 24.7. The van der Waals surface area contributed by atoms with Gasteiger partial charge in [-0.3, -0.25) is 4.79 Å². The number of methoxy groups -OCH3 is 2. The molecule has 0 saturated carbocycles. The van der Waals surface area contributed by atoms with Gasteiger partial charge in [-0.1, -0.05) is 18.2 Å². The van der Waals surface area contributed by atoms with Gasteiger partial charge in [-0.2, -0.15) is 0 Å². The van der Waals surface area contributed by atoms with Crippen LogP contribution in [-0.2, 0) is 9.47 Å². The molecule has 3 aromatic rings. The molecular formula is C26H26O7S. The highest BCUT2D eigenvalue weighted by molar-refractivity contribution is 7.13. The molecule has 0 unspecified atom stereocenters. The lowest BCUT2D eigenvalue weighted by Crippen LogP contribution is -2.10. The average Bonchev–Trinajstić information content (AvgIpc) is 3.39. The third kappa shape index (κ3) is 6.77. The minimum Gasteiger partial charge on any atom is -0.496 e. The van der Waals surface area contributed by atoms with Gasteiger partial charge in [0.05, 0.1) is 32.5 Å². The summed E-state index contributed by atoms with van der Waals surface area (Å²) in [5.74, 6) is -0.0792. The first-order valence-electron chi connectivity index (χ1n) is 10.5. The van der Waals surface area contributed by atoms with E-state index in [1.165, 1.54) is 30.3 Å². The number of carboxylic acids is 1. The zero-order valence-electron chi connectivity index (χ0n) is 19.0. The fraction of sp³-hybridized carbons (Fsp3) is 0.231. The molecule has 0 amide bonds. The van der Waals surface area contributed by atoms with E-state index in [-0.39, 0.29) is 11.3 Å². The van der Waals surface area contributed by atoms with Crippen molar-refractivity contribution in [2.45, 2.75) is 0 Å². The zero-order chi connectivity index (χ0) is 24.3. The average molecular weight is 483 g/mol. The van der Waals surface area contributed by atoms with Crippen molar-refractivity contribution in [3.63, 3.8) is 0 Å². The van der Waals surface area contributed by atoms with Gasteiger partial charge in [0.2, 0.25) is 0 Å². The van der Waals surface area contributed by atoms with E-state index in [4.69, 9.17) is 24.1 Å². The number of ketones is 1. The van der Waals surface area contributed by atoms with E-state index in [2.05, 4.69) is 0 Å². The number of aromatic carboxylic acids is 1. The van der Waals surface area contributed by atoms with Crippen LogP contribution in [0.3, 0.4) is 0 Å². The van der Waals surface area contributed by atoms with Gasteiger partial charge >= 0.3 is 5.97 Å². The first-order valence-corrected chi connectivity index (χ1v) is 11.4. The molecule has 8 heteroatoms. The highest BCUT2D eigenvalue weighted by atomic mass is 32.1. The summed E-state index contributed by atoms with van der Waals surface area (Å²) >= 11 is 1.58. The number of hydrogen-bond donors (Lipinski definition) is 1. The van der Waals surface area contributed by atoms with Crippen LogP contribution in [0, 0.1) is 0 Å². The summed E-state index contributed by atoms with van der Waals surface area (Å²) in [7, 11) is 3.21. The van der Waals surface area contributed by atoms with E-state index in [1.54, 1.807) is 37.7 Å². The number of hydrogen-bond acceptors (Lipinski definition) is 7. The second-order valence-electron chi connectivity index (χ2n) is 7.10. The smallest absolute Gasteiger partial charge is 0.335 e. The van der Waals surface area contributed by atoms with E-state index >= 15 is 0 Å². The molecule has 0 aliphatic heterocycles. The van der Waals surface area contributed by atoms with Gasteiger partial charge in [0, 0.05) is 34.7 Å². The molecule has 0 bridgehead atoms. The van der Waals surface area contributed by atoms with Gasteiger partial charge in [-0.05, 0) is 41.8 Å². The number of allylic oxidation sites excluding steroid dienone is 1. The Morgan fingerprint density at radius 1 is 0.941 bits per heavy atom. The van der Waals surface area contributed by atoms with E-state index in [9.17, 15) is 9.59 Å². The van der Waals surface area contributed by atoms with Crippen molar-refractivity contribution in [3.8, 4) is 21.9 Å². The minimum absolute atomic E-state index is 0.125. The quantitative estimate of drug-likeness (QED) is 0.207. The van der Waals surface area contributed by atoms with Gasteiger partial charge in [0.25, 0.3) is 0 Å². The number of thiophene rings is 1. The molecule has 0 atom stereocenters. The molecule has 0 aliphatic carbocycles. The van der Waals surface area contributed by atoms with Gasteiger partial charge in [0.1, 0.15) is 18.1 Å². The van der Waals surface area contributed by atoms with Gasteiger partial charge in [-0.25, -0.2) is 4.79 Å². The molecule has 7 nitrogen and oxygen atoms in total. The van der Waals surface area contributed by atoms with Crippen molar-refractivity contribution >= 4 is 29.2 Å². The number of carbonyl (C=O) groups is 2. The molecule has 0 spiro atoms. The van der Waals surface area contributed by atoms with Crippen LogP contribution < -0.4 is 9.47 Å². The summed E-state index contributed by atoms with van der Waals surface area (Å²) in [6.45, 7) is 1.68. The molecular weight excluding hydrogens is 456 g/mol. The van der Waals surface area contributed by atoms with Gasteiger partial charge < -0.3 is 24.1 Å². The number of ether oxygens (including phenoxy) is 4. The van der Waals surface area contributed by atoms with E-state index < -0.39 is 5.97 Å². The number of carbonyl (C=O) groups excluding carboxylic acids is 1. The van der Waals surface area contributed by atoms with E-state index in [0.717, 1.165) is 10.4 Å². The highest BCUT2D eigenvalue weighted by Gasteiger charge is 2.14. The summed E-state index contributed by atoms with van der Waals surface area (Å²) < 4.78 is 22.0. The highest BCUT2D eigenvalue weighted by Crippen LogP contribution is 2.38. The third-order valence-corrected chi connectivity index (χ3v) is 5.77. The molecule has 178 valence electrons. The maximum absolute atomic E-state index is 12.7. The first-order chi connectivity index (χ1) is 16.5. The van der Waals surface area contributed by atoms with Crippen molar-refractivity contribution in [1.29, 1.82) is 0 Å². The van der Waals surface area contributed by atoms with Crippen LogP contribution in [0.4, 0.5) is 0 Å². The SMILES string of the molecule is COCCOCCOc1cc(OC)c(-c2cccs2)cc1/C=C/C(=O)c1ccc(C(=O)O)cc1. The monoisotopic (exact) mass is 482 g/mol. The first kappa shape index (κ1) is 25.2. The number of benzene rings is 2. The second kappa shape index (κ2) is 12.7. The van der Waals surface area contributed by atoms with Crippen LogP contribution in [0.1, 0.15) is 26.3 Å². The molecule has 1 heterocycles. The van der Waals surface area contributed by atoms with Crippen molar-refractivity contribution in [2.75, 3.05) is 40.6 Å². The third-order valence-electron chi connectivity index (χ3n) is 4.87. The topological polar surface area (TPSA) is 91.3 Å². The van der Waals surface area contributed by atoms with Gasteiger partial charge in [0.15, 0.2) is 5.78 Å². The fourth-order valence-corrected chi connectivity index (χ4v) is 3.87. The maximum Gasteiger partial charge on any atom is 0.335 e. The molecule has 34 heavy (non-hydrogen) atoms. The lowest BCUT2D eigenvalue weighted by Gasteiger charge is -2.14. The predicted molar refractivity (Wildman–Crippen MR) is 131 cm³/mol. The van der Waals surface area contributed by atoms with Crippen LogP contribution in [0.5, 0.6) is 11.5 Å². The van der Waals surface area contributed by atoms with Crippen molar-refractivity contribution in [1.82, 2.24) is 0 Å². The number of rotatable bonds is 13. The van der Waals surface area contributed by atoms with Crippen LogP contribution in [0.25, 0.3) is 16.5 Å². The molecule has 1 aromatic heterocycles. The summed E-state index contributed by atoms with van der Waals surface area (Å²) in [5, 5.41) is 11.0. The molecule has 0 radical (unpaired) electrons. The Bertz CT molecular complexity index is 1120. The zero-order valence-corrected chi connectivity index (χ0v) is 19.8. The van der Waals surface area contributed by atoms with Crippen LogP contribution >= 0.6 is 11.3 Å². The Morgan fingerprint density at radius 3 is 2.32 bits per heavy atom. The molecule has 1 N–H and O–H groups in total. The Balaban J connectivity index is 1.85.